The molecule has 0 bridgehead atoms. The molecule has 0 saturated carbocycles. The Balaban J connectivity index is 1.84. The van der Waals surface area contributed by atoms with Crippen LogP contribution in [0.3, 0.4) is 0 Å². The van der Waals surface area contributed by atoms with Crippen molar-refractivity contribution in [3.8, 4) is 5.88 Å². The number of amides is 2. The van der Waals surface area contributed by atoms with Gasteiger partial charge in [-0.25, -0.2) is 23.8 Å². The molecule has 17 nitrogen and oxygen atoms in total. The number of fused-ring (bicyclic) bond motifs is 3. The van der Waals surface area contributed by atoms with Crippen LogP contribution in [0.15, 0.2) is 0 Å². The predicted molar refractivity (Wildman–Crippen MR) is 155 cm³/mol. The zero-order chi connectivity index (χ0) is 33.7. The molecule has 4 rings (SSSR count). The molecular formula is C27H41N4O13P. The summed E-state index contributed by atoms with van der Waals surface area (Å²) in [6.07, 6.45) is -7.89. The van der Waals surface area contributed by atoms with Crippen LogP contribution in [-0.4, -0.2) is 88.5 Å². The number of ether oxygens (including phenoxy) is 5. The molecule has 45 heavy (non-hydrogen) atoms. The van der Waals surface area contributed by atoms with Crippen molar-refractivity contribution in [3.63, 3.8) is 0 Å². The van der Waals surface area contributed by atoms with E-state index in [-0.39, 0.29) is 36.2 Å². The van der Waals surface area contributed by atoms with Crippen LogP contribution < -0.4 is 15.0 Å². The number of nitrogens with zero attached hydrogens (tertiary/aromatic N) is 3. The molecule has 0 aromatic carbocycles. The smallest absolute Gasteiger partial charge is 0.444 e. The number of hydrogen-bond donors (Lipinski definition) is 2. The zero-order valence-electron chi connectivity index (χ0n) is 26.9. The molecule has 0 spiro atoms. The van der Waals surface area contributed by atoms with E-state index in [1.165, 1.54) is 0 Å². The van der Waals surface area contributed by atoms with Crippen molar-refractivity contribution in [2.45, 2.75) is 110 Å². The van der Waals surface area contributed by atoms with Gasteiger partial charge < -0.3 is 28.8 Å². The molecule has 18 heteroatoms. The number of carbonyl (C=O) groups is 3. The maximum Gasteiger partial charge on any atom is 0.515 e. The van der Waals surface area contributed by atoms with Crippen LogP contribution in [0.25, 0.3) is 0 Å². The Labute approximate surface area is 260 Å². The summed E-state index contributed by atoms with van der Waals surface area (Å²) < 4.78 is 56.4. The fourth-order valence-electron chi connectivity index (χ4n) is 4.74. The number of aliphatic hydroxyl groups excluding tert-OH is 1. The van der Waals surface area contributed by atoms with E-state index >= 15 is 0 Å². The number of aromatic nitrogens is 2. The zero-order valence-corrected chi connectivity index (χ0v) is 27.8. The summed E-state index contributed by atoms with van der Waals surface area (Å²) in [7, 11) is -2.85. The maximum atomic E-state index is 13.8. The second-order valence-electron chi connectivity index (χ2n) is 13.6. The minimum Gasteiger partial charge on any atom is -0.444 e. The fraction of sp³-hybridized carbons (Fsp3) is 0.741. The van der Waals surface area contributed by atoms with Gasteiger partial charge in [0.2, 0.25) is 11.8 Å². The van der Waals surface area contributed by atoms with Gasteiger partial charge in [0, 0.05) is 13.0 Å². The third-order valence-corrected chi connectivity index (χ3v) is 7.75. The highest BCUT2D eigenvalue weighted by atomic mass is 31.2. The number of phosphoric ester groups is 1. The summed E-state index contributed by atoms with van der Waals surface area (Å²) >= 11 is 0. The summed E-state index contributed by atoms with van der Waals surface area (Å²) in [5.74, 6) is -1.87. The molecule has 2 N–H and O–H groups in total. The second kappa shape index (κ2) is 12.3. The minimum atomic E-state index is -3.99. The summed E-state index contributed by atoms with van der Waals surface area (Å²) in [6.45, 7) is 14.5. The second-order valence-corrected chi connectivity index (χ2v) is 15.3. The highest BCUT2D eigenvalue weighted by molar-refractivity contribution is 7.48. The first-order valence-electron chi connectivity index (χ1n) is 14.2. The molecular weight excluding hydrogens is 619 g/mol. The van der Waals surface area contributed by atoms with Crippen LogP contribution in [0.4, 0.5) is 26.1 Å². The number of aliphatic hydroxyl groups is 1. The Morgan fingerprint density at radius 1 is 0.978 bits per heavy atom. The molecule has 1 aromatic rings. The van der Waals surface area contributed by atoms with E-state index < -0.39 is 73.4 Å². The Morgan fingerprint density at radius 2 is 1.60 bits per heavy atom. The molecule has 0 radical (unpaired) electrons. The molecule has 2 fully saturated rings. The van der Waals surface area contributed by atoms with Crippen molar-refractivity contribution in [2.24, 2.45) is 5.92 Å². The van der Waals surface area contributed by atoms with Gasteiger partial charge in [-0.05, 0) is 68.7 Å². The van der Waals surface area contributed by atoms with Crippen LogP contribution in [0, 0.1) is 5.92 Å². The van der Waals surface area contributed by atoms with E-state index in [4.69, 9.17) is 37.3 Å². The summed E-state index contributed by atoms with van der Waals surface area (Å²) in [5, 5.41) is 13.9. The molecule has 0 aliphatic carbocycles. The number of carbonyl (C=O) groups excluding carboxylic acids is 3. The Hall–Kier alpha value is -3.08. The number of nitrogens with one attached hydrogen (secondary N) is 1. The molecule has 2 amide bonds. The normalized spacial score (nSPS) is 28.2. The van der Waals surface area contributed by atoms with Crippen LogP contribution in [0.5, 0.6) is 5.88 Å². The standard InChI is InChI=1S/C27H41N4O13P/c1-25(2,3)41-22(33)30-21-28-18-14(19(29-21)40-24(35)43-27(7,8)9)11-13-16(32)17-15(12-38-45(36,37-10)44-17)39-20(13)31(18)23(34)42-26(4,5)6/h13,15-17,20,32H,11-12H2,1-10H3,(H,28,29,30,33)/t13-,15+,16+,17-,20+,45?/m0/s1. The molecule has 3 aliphatic rings. The van der Waals surface area contributed by atoms with Crippen molar-refractivity contribution in [3.05, 3.63) is 5.56 Å². The van der Waals surface area contributed by atoms with Gasteiger partial charge in [0.05, 0.1) is 18.3 Å². The third-order valence-electron chi connectivity index (χ3n) is 6.34. The van der Waals surface area contributed by atoms with Gasteiger partial charge in [0.15, 0.2) is 5.82 Å². The Bertz CT molecular complexity index is 1370. The minimum absolute atomic E-state index is 0.0748. The van der Waals surface area contributed by atoms with Crippen molar-refractivity contribution >= 4 is 37.9 Å². The third kappa shape index (κ3) is 8.40. The molecule has 1 aromatic heterocycles. The largest absolute Gasteiger partial charge is 0.515 e. The highest BCUT2D eigenvalue weighted by Gasteiger charge is 2.57. The summed E-state index contributed by atoms with van der Waals surface area (Å²) in [6, 6.07) is 0. The summed E-state index contributed by atoms with van der Waals surface area (Å²) in [4.78, 5) is 48.9. The number of anilines is 2. The number of hydrogen-bond acceptors (Lipinski definition) is 15. The van der Waals surface area contributed by atoms with Gasteiger partial charge in [-0.15, -0.1) is 0 Å². The maximum absolute atomic E-state index is 13.8. The van der Waals surface area contributed by atoms with Gasteiger partial charge in [-0.1, -0.05) is 0 Å². The molecule has 6 atom stereocenters. The quantitative estimate of drug-likeness (QED) is 0.263. The average Bonchev–Trinajstić information content (AvgIpc) is 2.85. The van der Waals surface area contributed by atoms with E-state index in [2.05, 4.69) is 15.3 Å². The molecule has 1 unspecified atom stereocenters. The van der Waals surface area contributed by atoms with Gasteiger partial charge >= 0.3 is 26.2 Å². The monoisotopic (exact) mass is 660 g/mol. The molecule has 3 aliphatic heterocycles. The van der Waals surface area contributed by atoms with Gasteiger partial charge in [-0.2, -0.15) is 9.97 Å². The van der Waals surface area contributed by atoms with Gasteiger partial charge in [0.25, 0.3) is 0 Å². The first-order chi connectivity index (χ1) is 20.6. The van der Waals surface area contributed by atoms with Gasteiger partial charge in [-0.3, -0.25) is 18.9 Å². The summed E-state index contributed by atoms with van der Waals surface area (Å²) in [5.41, 5.74) is -2.72. The Morgan fingerprint density at radius 3 is 2.18 bits per heavy atom. The van der Waals surface area contributed by atoms with Crippen LogP contribution >= 0.6 is 7.82 Å². The topological polar surface area (TPSA) is 203 Å². The average molecular weight is 661 g/mol. The Kier molecular flexibility index (Phi) is 9.48. The van der Waals surface area contributed by atoms with E-state index in [1.54, 1.807) is 62.3 Å². The lowest BCUT2D eigenvalue weighted by atomic mass is 9.82. The predicted octanol–water partition coefficient (Wildman–Crippen LogP) is 4.31. The molecule has 2 saturated heterocycles. The number of phosphoric acid groups is 1. The first kappa shape index (κ1) is 34.8. The van der Waals surface area contributed by atoms with Crippen LogP contribution in [0.2, 0.25) is 0 Å². The highest BCUT2D eigenvalue weighted by Crippen LogP contribution is 2.56. The number of rotatable bonds is 3. The van der Waals surface area contributed by atoms with E-state index in [1.807, 2.05) is 0 Å². The molecule has 252 valence electrons. The van der Waals surface area contributed by atoms with Crippen LogP contribution in [-0.2, 0) is 43.5 Å². The van der Waals surface area contributed by atoms with Crippen molar-refractivity contribution in [1.29, 1.82) is 0 Å². The van der Waals surface area contributed by atoms with E-state index in [9.17, 15) is 24.1 Å². The fourth-order valence-corrected chi connectivity index (χ4v) is 5.88. The first-order valence-corrected chi connectivity index (χ1v) is 15.7. The molecule has 4 heterocycles. The lowest BCUT2D eigenvalue weighted by molar-refractivity contribution is -0.219. The van der Waals surface area contributed by atoms with Gasteiger partial charge in [0.1, 0.15) is 35.2 Å². The van der Waals surface area contributed by atoms with Crippen molar-refractivity contribution in [1.82, 2.24) is 9.97 Å². The van der Waals surface area contributed by atoms with Crippen LogP contribution in [0.1, 0.15) is 67.9 Å². The lowest BCUT2D eigenvalue weighted by Gasteiger charge is -2.51. The SMILES string of the molecule is COP1(=O)OC[C@H]2O[C@@H]3[C@@H](Cc4c(OC(=O)OC(C)(C)C)nc(NC(=O)OC(C)(C)C)nc4N3C(=O)OC(C)(C)C)[C@@H](O)[C@H]2O1. The lowest BCUT2D eigenvalue weighted by Crippen LogP contribution is -2.65. The van der Waals surface area contributed by atoms with Crippen molar-refractivity contribution < 1.29 is 61.3 Å². The van der Waals surface area contributed by atoms with Crippen molar-refractivity contribution in [2.75, 3.05) is 23.9 Å². The van der Waals surface area contributed by atoms with E-state index in [0.29, 0.717) is 0 Å². The van der Waals surface area contributed by atoms with E-state index in [0.717, 1.165) is 12.0 Å².